The van der Waals surface area contributed by atoms with Gasteiger partial charge < -0.3 is 10.5 Å². The minimum atomic E-state index is -0.176. The van der Waals surface area contributed by atoms with Crippen LogP contribution in [-0.4, -0.2) is 11.6 Å². The van der Waals surface area contributed by atoms with Crippen molar-refractivity contribution in [3.05, 3.63) is 15.6 Å². The van der Waals surface area contributed by atoms with Crippen LogP contribution in [0.1, 0.15) is 68.1 Å². The molecule has 1 fully saturated rings. The monoisotopic (exact) mass is 280 g/mol. The Bertz CT molecular complexity index is 474. The van der Waals surface area contributed by atoms with Crippen LogP contribution in [-0.2, 0) is 16.8 Å². The molecule has 2 atom stereocenters. The molecule has 0 saturated carbocycles. The van der Waals surface area contributed by atoms with Crippen LogP contribution in [0.5, 0.6) is 0 Å². The van der Waals surface area contributed by atoms with E-state index >= 15 is 0 Å². The van der Waals surface area contributed by atoms with E-state index in [1.165, 1.54) is 23.4 Å². The highest BCUT2D eigenvalue weighted by molar-refractivity contribution is 7.12. The third kappa shape index (κ3) is 2.46. The molecule has 1 saturated heterocycles. The fraction of sp³-hybridized carbons (Fsp3) is 0.800. The summed E-state index contributed by atoms with van der Waals surface area (Å²) >= 11 is 1.79. The molecule has 2 unspecified atom stereocenters. The molecule has 1 aliphatic heterocycles. The third-order valence-corrected chi connectivity index (χ3v) is 5.88. The Morgan fingerprint density at radius 2 is 2.11 bits per heavy atom. The van der Waals surface area contributed by atoms with Gasteiger partial charge in [-0.05, 0) is 44.4 Å². The second-order valence-corrected chi connectivity index (χ2v) is 8.05. The van der Waals surface area contributed by atoms with E-state index < -0.39 is 0 Å². The van der Waals surface area contributed by atoms with Crippen LogP contribution >= 0.6 is 11.3 Å². The van der Waals surface area contributed by atoms with Gasteiger partial charge in [-0.2, -0.15) is 0 Å². The molecule has 0 aromatic carbocycles. The SMILES string of the molecule is CC1(C)Cc2nc(C3(C)CCCCO3)sc2C(N)C1. The van der Waals surface area contributed by atoms with Gasteiger partial charge in [0.1, 0.15) is 10.6 Å². The molecule has 19 heavy (non-hydrogen) atoms. The fourth-order valence-electron chi connectivity index (χ4n) is 3.32. The Balaban J connectivity index is 1.94. The Morgan fingerprint density at radius 3 is 2.79 bits per heavy atom. The largest absolute Gasteiger partial charge is 0.368 e. The second kappa shape index (κ2) is 4.54. The molecule has 2 heterocycles. The van der Waals surface area contributed by atoms with E-state index in [2.05, 4.69) is 20.8 Å². The van der Waals surface area contributed by atoms with Crippen LogP contribution in [0.15, 0.2) is 0 Å². The Hall–Kier alpha value is -0.450. The number of hydrogen-bond acceptors (Lipinski definition) is 4. The minimum Gasteiger partial charge on any atom is -0.368 e. The highest BCUT2D eigenvalue weighted by atomic mass is 32.1. The molecule has 1 aromatic heterocycles. The number of nitrogens with zero attached hydrogens (tertiary/aromatic N) is 1. The van der Waals surface area contributed by atoms with Crippen LogP contribution in [0.3, 0.4) is 0 Å². The van der Waals surface area contributed by atoms with E-state index in [9.17, 15) is 0 Å². The van der Waals surface area contributed by atoms with E-state index in [1.807, 2.05) is 0 Å². The number of rotatable bonds is 1. The van der Waals surface area contributed by atoms with Crippen LogP contribution in [0.4, 0.5) is 0 Å². The van der Waals surface area contributed by atoms with Gasteiger partial charge in [0.2, 0.25) is 0 Å². The predicted octanol–water partition coefficient (Wildman–Crippen LogP) is 3.53. The summed E-state index contributed by atoms with van der Waals surface area (Å²) < 4.78 is 6.02. The summed E-state index contributed by atoms with van der Waals surface area (Å²) in [5.41, 5.74) is 7.65. The van der Waals surface area contributed by atoms with E-state index in [0.717, 1.165) is 30.9 Å². The van der Waals surface area contributed by atoms with Crippen LogP contribution < -0.4 is 5.73 Å². The van der Waals surface area contributed by atoms with Crippen molar-refractivity contribution in [2.45, 2.75) is 64.5 Å². The summed E-state index contributed by atoms with van der Waals surface area (Å²) in [6.07, 6.45) is 5.59. The van der Waals surface area contributed by atoms with Crippen molar-refractivity contribution in [2.75, 3.05) is 6.61 Å². The molecule has 3 rings (SSSR count). The molecule has 4 heteroatoms. The molecule has 0 spiro atoms. The summed E-state index contributed by atoms with van der Waals surface area (Å²) in [5, 5.41) is 1.14. The summed E-state index contributed by atoms with van der Waals surface area (Å²) in [7, 11) is 0. The van der Waals surface area contributed by atoms with Gasteiger partial charge in [-0.15, -0.1) is 11.3 Å². The summed E-state index contributed by atoms with van der Waals surface area (Å²) in [5.74, 6) is 0. The van der Waals surface area contributed by atoms with Crippen LogP contribution in [0.2, 0.25) is 0 Å². The molecule has 0 radical (unpaired) electrons. The highest BCUT2D eigenvalue weighted by Crippen LogP contribution is 2.45. The zero-order valence-corrected chi connectivity index (χ0v) is 13.0. The number of ether oxygens (including phenoxy) is 1. The summed E-state index contributed by atoms with van der Waals surface area (Å²) in [6, 6.07) is 0.150. The summed E-state index contributed by atoms with van der Waals surface area (Å²) in [4.78, 5) is 6.20. The first kappa shape index (κ1) is 13.5. The van der Waals surface area contributed by atoms with E-state index in [4.69, 9.17) is 15.5 Å². The Morgan fingerprint density at radius 1 is 1.32 bits per heavy atom. The van der Waals surface area contributed by atoms with E-state index in [-0.39, 0.29) is 17.1 Å². The van der Waals surface area contributed by atoms with Gasteiger partial charge >= 0.3 is 0 Å². The number of hydrogen-bond donors (Lipinski definition) is 1. The van der Waals surface area contributed by atoms with Gasteiger partial charge in [0.25, 0.3) is 0 Å². The Labute approximate surface area is 119 Å². The highest BCUT2D eigenvalue weighted by Gasteiger charge is 2.38. The first-order valence-corrected chi connectivity index (χ1v) is 8.11. The molecule has 106 valence electrons. The van der Waals surface area contributed by atoms with Gasteiger partial charge in [0.05, 0.1) is 5.69 Å². The van der Waals surface area contributed by atoms with Gasteiger partial charge in [-0.3, -0.25) is 0 Å². The third-order valence-electron chi connectivity index (χ3n) is 4.40. The standard InChI is InChI=1S/C15H24N2OS/c1-14(2)8-10(16)12-11(9-14)17-13(19-12)15(3)6-4-5-7-18-15/h10H,4-9,16H2,1-3H3. The van der Waals surface area contributed by atoms with Crippen molar-refractivity contribution in [1.29, 1.82) is 0 Å². The molecule has 0 bridgehead atoms. The van der Waals surface area contributed by atoms with Crippen molar-refractivity contribution in [2.24, 2.45) is 11.1 Å². The molecule has 2 N–H and O–H groups in total. The van der Waals surface area contributed by atoms with Crippen molar-refractivity contribution < 1.29 is 4.74 Å². The average molecular weight is 280 g/mol. The number of aromatic nitrogens is 1. The normalized spacial score (nSPS) is 34.0. The van der Waals surface area contributed by atoms with Crippen molar-refractivity contribution in [1.82, 2.24) is 4.98 Å². The fourth-order valence-corrected chi connectivity index (χ4v) is 4.53. The molecule has 2 aliphatic rings. The van der Waals surface area contributed by atoms with Crippen molar-refractivity contribution >= 4 is 11.3 Å². The first-order chi connectivity index (χ1) is 8.90. The van der Waals surface area contributed by atoms with E-state index in [1.54, 1.807) is 11.3 Å². The average Bonchev–Trinajstić information content (AvgIpc) is 2.73. The number of thiazole rings is 1. The van der Waals surface area contributed by atoms with Gasteiger partial charge in [0.15, 0.2) is 0 Å². The summed E-state index contributed by atoms with van der Waals surface area (Å²) in [6.45, 7) is 7.62. The zero-order chi connectivity index (χ0) is 13.7. The maximum absolute atomic E-state index is 6.34. The molecular formula is C15H24N2OS. The lowest BCUT2D eigenvalue weighted by Gasteiger charge is -2.32. The molecule has 0 amide bonds. The number of fused-ring (bicyclic) bond motifs is 1. The van der Waals surface area contributed by atoms with Crippen molar-refractivity contribution in [3.8, 4) is 0 Å². The second-order valence-electron chi connectivity index (χ2n) is 7.02. The lowest BCUT2D eigenvalue weighted by Crippen LogP contribution is -2.30. The van der Waals surface area contributed by atoms with Gasteiger partial charge in [-0.25, -0.2) is 4.98 Å². The topological polar surface area (TPSA) is 48.1 Å². The van der Waals surface area contributed by atoms with Crippen LogP contribution in [0, 0.1) is 5.41 Å². The maximum Gasteiger partial charge on any atom is 0.125 e. The van der Waals surface area contributed by atoms with Gasteiger partial charge in [0, 0.05) is 17.5 Å². The first-order valence-electron chi connectivity index (χ1n) is 7.29. The Kier molecular flexibility index (Phi) is 3.23. The molecular weight excluding hydrogens is 256 g/mol. The van der Waals surface area contributed by atoms with Crippen molar-refractivity contribution in [3.63, 3.8) is 0 Å². The zero-order valence-electron chi connectivity index (χ0n) is 12.2. The quantitative estimate of drug-likeness (QED) is 0.856. The lowest BCUT2D eigenvalue weighted by molar-refractivity contribution is -0.0703. The smallest absolute Gasteiger partial charge is 0.125 e. The molecule has 1 aromatic rings. The predicted molar refractivity (Wildman–Crippen MR) is 78.3 cm³/mol. The lowest BCUT2D eigenvalue weighted by atomic mass is 9.77. The maximum atomic E-state index is 6.34. The molecule has 1 aliphatic carbocycles. The van der Waals surface area contributed by atoms with Crippen LogP contribution in [0.25, 0.3) is 0 Å². The number of nitrogens with two attached hydrogens (primary N) is 1. The van der Waals surface area contributed by atoms with E-state index in [0.29, 0.717) is 0 Å². The minimum absolute atomic E-state index is 0.150. The van der Waals surface area contributed by atoms with Gasteiger partial charge in [-0.1, -0.05) is 13.8 Å². The molecule has 3 nitrogen and oxygen atoms in total.